The quantitative estimate of drug-likeness (QED) is 0.616. The van der Waals surface area contributed by atoms with Crippen LogP contribution in [0.1, 0.15) is 27.2 Å². The van der Waals surface area contributed by atoms with Gasteiger partial charge in [0.15, 0.2) is 0 Å². The Hall–Kier alpha value is -0.830. The number of hydrogen-bond acceptors (Lipinski definition) is 2. The van der Waals surface area contributed by atoms with Crippen LogP contribution in [0, 0.1) is 0 Å². The van der Waals surface area contributed by atoms with Crippen LogP contribution in [0.25, 0.3) is 0 Å². The molecule has 3 heteroatoms. The Morgan fingerprint density at radius 3 is 2.58 bits per heavy atom. The number of nitrogens with one attached hydrogen (secondary N) is 1. The second-order valence-electron chi connectivity index (χ2n) is 2.99. The van der Waals surface area contributed by atoms with E-state index in [9.17, 15) is 4.79 Å². The molecule has 0 radical (unpaired) electrons. The summed E-state index contributed by atoms with van der Waals surface area (Å²) in [6.07, 6.45) is 3.37. The Morgan fingerprint density at radius 1 is 1.58 bits per heavy atom. The fraction of sp³-hybridized carbons (Fsp3) is 0.667. The summed E-state index contributed by atoms with van der Waals surface area (Å²) >= 11 is 0. The molecule has 0 fully saturated rings. The molecule has 0 aromatic carbocycles. The van der Waals surface area contributed by atoms with Gasteiger partial charge in [-0.2, -0.15) is 0 Å². The molecule has 0 aromatic rings. The Morgan fingerprint density at radius 2 is 2.17 bits per heavy atom. The lowest BCUT2D eigenvalue weighted by atomic mass is 10.1. The summed E-state index contributed by atoms with van der Waals surface area (Å²) in [5, 5.41) is 11.7. The van der Waals surface area contributed by atoms with Gasteiger partial charge in [0.25, 0.3) is 0 Å². The zero-order valence-electron chi connectivity index (χ0n) is 7.87. The fourth-order valence-electron chi connectivity index (χ4n) is 1.01. The van der Waals surface area contributed by atoms with E-state index in [1.54, 1.807) is 19.9 Å². The van der Waals surface area contributed by atoms with Crippen LogP contribution in [0.4, 0.5) is 0 Å². The van der Waals surface area contributed by atoms with Crippen LogP contribution in [0.2, 0.25) is 0 Å². The van der Waals surface area contributed by atoms with Crippen LogP contribution in [-0.4, -0.2) is 23.2 Å². The number of carbonyl (C=O) groups is 1. The minimum atomic E-state index is -0.370. The number of allylic oxidation sites excluding steroid dienone is 1. The maximum absolute atomic E-state index is 11.0. The minimum Gasteiger partial charge on any atom is -0.393 e. The first-order valence-corrected chi connectivity index (χ1v) is 4.17. The van der Waals surface area contributed by atoms with Gasteiger partial charge in [0.2, 0.25) is 5.91 Å². The van der Waals surface area contributed by atoms with Crippen LogP contribution >= 0.6 is 0 Å². The third-order valence-electron chi connectivity index (χ3n) is 1.40. The first kappa shape index (κ1) is 11.2. The minimum absolute atomic E-state index is 0.0219. The molecule has 2 atom stereocenters. The van der Waals surface area contributed by atoms with Gasteiger partial charge < -0.3 is 10.4 Å². The summed E-state index contributed by atoms with van der Waals surface area (Å²) in [4.78, 5) is 11.0. The molecule has 70 valence electrons. The van der Waals surface area contributed by atoms with Crippen molar-refractivity contribution in [2.75, 3.05) is 0 Å². The Labute approximate surface area is 73.5 Å². The van der Waals surface area contributed by atoms with Crippen molar-refractivity contribution < 1.29 is 9.90 Å². The van der Waals surface area contributed by atoms with E-state index in [0.717, 1.165) is 0 Å². The molecule has 0 heterocycles. The van der Waals surface area contributed by atoms with Crippen molar-refractivity contribution in [3.05, 3.63) is 12.2 Å². The molecule has 12 heavy (non-hydrogen) atoms. The zero-order valence-corrected chi connectivity index (χ0v) is 7.87. The van der Waals surface area contributed by atoms with Crippen molar-refractivity contribution in [3.8, 4) is 0 Å². The van der Waals surface area contributed by atoms with Crippen molar-refractivity contribution in [1.82, 2.24) is 5.32 Å². The number of aliphatic hydroxyl groups is 1. The lowest BCUT2D eigenvalue weighted by Gasteiger charge is -2.13. The second kappa shape index (κ2) is 5.77. The molecular weight excluding hydrogens is 154 g/mol. The number of rotatable bonds is 4. The summed E-state index contributed by atoms with van der Waals surface area (Å²) in [5.41, 5.74) is 0. The average molecular weight is 171 g/mol. The highest BCUT2D eigenvalue weighted by Crippen LogP contribution is 1.95. The van der Waals surface area contributed by atoms with Crippen LogP contribution in [0.5, 0.6) is 0 Å². The van der Waals surface area contributed by atoms with Gasteiger partial charge in [0, 0.05) is 6.04 Å². The van der Waals surface area contributed by atoms with Crippen molar-refractivity contribution in [3.63, 3.8) is 0 Å². The summed E-state index contributed by atoms with van der Waals surface area (Å²) in [6.45, 7) is 5.37. The Balaban J connectivity index is 3.68. The molecule has 0 spiro atoms. The van der Waals surface area contributed by atoms with E-state index in [0.29, 0.717) is 6.42 Å². The second-order valence-corrected chi connectivity index (χ2v) is 2.99. The number of aliphatic hydroxyl groups excluding tert-OH is 1. The average Bonchev–Trinajstić information content (AvgIpc) is 1.84. The molecule has 0 saturated heterocycles. The van der Waals surface area contributed by atoms with Gasteiger partial charge in [-0.3, -0.25) is 4.79 Å². The third-order valence-corrected chi connectivity index (χ3v) is 1.40. The van der Waals surface area contributed by atoms with Gasteiger partial charge in [-0.15, -0.1) is 0 Å². The van der Waals surface area contributed by atoms with Crippen LogP contribution in [0.15, 0.2) is 12.2 Å². The smallest absolute Gasteiger partial charge is 0.243 e. The van der Waals surface area contributed by atoms with Crippen LogP contribution < -0.4 is 5.32 Å². The van der Waals surface area contributed by atoms with E-state index in [1.807, 2.05) is 6.92 Å². The molecule has 0 aliphatic rings. The van der Waals surface area contributed by atoms with Crippen LogP contribution in [0.3, 0.4) is 0 Å². The molecule has 0 aliphatic carbocycles. The van der Waals surface area contributed by atoms with E-state index in [4.69, 9.17) is 5.11 Å². The Kier molecular flexibility index (Phi) is 5.37. The maximum Gasteiger partial charge on any atom is 0.243 e. The predicted octanol–water partition coefficient (Wildman–Crippen LogP) is 0.838. The first-order chi connectivity index (χ1) is 5.56. The highest BCUT2D eigenvalue weighted by Gasteiger charge is 2.06. The highest BCUT2D eigenvalue weighted by molar-refractivity contribution is 5.87. The molecule has 0 saturated carbocycles. The van der Waals surface area contributed by atoms with Crippen molar-refractivity contribution in [1.29, 1.82) is 0 Å². The van der Waals surface area contributed by atoms with Gasteiger partial charge >= 0.3 is 0 Å². The molecule has 0 aromatic heterocycles. The van der Waals surface area contributed by atoms with Crippen molar-refractivity contribution in [2.24, 2.45) is 0 Å². The number of amides is 1. The fourth-order valence-corrected chi connectivity index (χ4v) is 1.01. The van der Waals surface area contributed by atoms with Crippen LogP contribution in [-0.2, 0) is 4.79 Å². The summed E-state index contributed by atoms with van der Waals surface area (Å²) < 4.78 is 0. The zero-order chi connectivity index (χ0) is 9.56. The lowest BCUT2D eigenvalue weighted by Crippen LogP contribution is -2.33. The van der Waals surface area contributed by atoms with E-state index in [-0.39, 0.29) is 18.1 Å². The lowest BCUT2D eigenvalue weighted by molar-refractivity contribution is -0.117. The van der Waals surface area contributed by atoms with Crippen molar-refractivity contribution in [2.45, 2.75) is 39.3 Å². The molecule has 0 rings (SSSR count). The maximum atomic E-state index is 11.0. The van der Waals surface area contributed by atoms with E-state index in [2.05, 4.69) is 5.32 Å². The summed E-state index contributed by atoms with van der Waals surface area (Å²) in [7, 11) is 0. The van der Waals surface area contributed by atoms with Gasteiger partial charge in [-0.25, -0.2) is 0 Å². The molecule has 0 bridgehead atoms. The number of hydrogen-bond donors (Lipinski definition) is 2. The molecule has 1 amide bonds. The molecule has 2 N–H and O–H groups in total. The largest absolute Gasteiger partial charge is 0.393 e. The standard InChI is InChI=1S/C9H17NO2/c1-4-5-9(12)10-7(2)6-8(3)11/h4-5,7-8,11H,6H2,1-3H3,(H,10,12)/b5-4+. The summed E-state index contributed by atoms with van der Waals surface area (Å²) in [5.74, 6) is -0.106. The van der Waals surface area contributed by atoms with Gasteiger partial charge in [0.1, 0.15) is 0 Å². The van der Waals surface area contributed by atoms with Gasteiger partial charge in [0.05, 0.1) is 6.10 Å². The van der Waals surface area contributed by atoms with E-state index < -0.39 is 0 Å². The topological polar surface area (TPSA) is 49.3 Å². The summed E-state index contributed by atoms with van der Waals surface area (Å²) in [6, 6.07) is 0.0219. The normalized spacial score (nSPS) is 16.0. The molecule has 2 unspecified atom stereocenters. The van der Waals surface area contributed by atoms with Gasteiger partial charge in [-0.1, -0.05) is 6.08 Å². The van der Waals surface area contributed by atoms with Crippen molar-refractivity contribution >= 4 is 5.91 Å². The molecule has 0 aliphatic heterocycles. The van der Waals surface area contributed by atoms with E-state index >= 15 is 0 Å². The monoisotopic (exact) mass is 171 g/mol. The first-order valence-electron chi connectivity index (χ1n) is 4.17. The number of carbonyl (C=O) groups excluding carboxylic acids is 1. The van der Waals surface area contributed by atoms with E-state index in [1.165, 1.54) is 6.08 Å². The SMILES string of the molecule is C/C=C/C(=O)NC(C)CC(C)O. The molecule has 3 nitrogen and oxygen atoms in total. The Bertz CT molecular complexity index is 164. The third kappa shape index (κ3) is 5.92. The predicted molar refractivity (Wildman–Crippen MR) is 48.7 cm³/mol. The highest BCUT2D eigenvalue weighted by atomic mass is 16.3. The van der Waals surface area contributed by atoms with Gasteiger partial charge in [-0.05, 0) is 33.3 Å². The molecular formula is C9H17NO2.